The minimum Gasteiger partial charge on any atom is -0.445 e. The molecule has 8 nitrogen and oxygen atoms in total. The van der Waals surface area contributed by atoms with E-state index in [-0.39, 0.29) is 25.7 Å². The summed E-state index contributed by atoms with van der Waals surface area (Å²) < 4.78 is 10.5. The molecule has 2 aromatic rings. The lowest BCUT2D eigenvalue weighted by atomic mass is 10.2. The molecule has 1 N–H and O–H groups in total. The first-order valence-corrected chi connectivity index (χ1v) is 10.8. The molecule has 0 saturated carbocycles. The van der Waals surface area contributed by atoms with Crippen LogP contribution in [0.1, 0.15) is 24.0 Å². The number of nitrogens with one attached hydrogen (secondary N) is 1. The van der Waals surface area contributed by atoms with Gasteiger partial charge >= 0.3 is 12.2 Å². The number of carbonyl (C=O) groups excluding carboxylic acids is 3. The number of hydrogen-bond acceptors (Lipinski definition) is 6. The smallest absolute Gasteiger partial charge is 0.416 e. The fourth-order valence-corrected chi connectivity index (χ4v) is 3.38. The zero-order valence-electron chi connectivity index (χ0n) is 18.1. The average Bonchev–Trinajstić information content (AvgIpc) is 3.01. The van der Waals surface area contributed by atoms with Gasteiger partial charge in [0.05, 0.1) is 6.54 Å². The number of alkyl carbamates (subject to hydrolysis) is 1. The Morgan fingerprint density at radius 3 is 2.16 bits per heavy atom. The van der Waals surface area contributed by atoms with E-state index in [2.05, 4.69) is 5.32 Å². The molecular weight excluding hydrogens is 410 g/mol. The molecule has 1 fully saturated rings. The van der Waals surface area contributed by atoms with Gasteiger partial charge in [-0.15, -0.1) is 0 Å². The van der Waals surface area contributed by atoms with Gasteiger partial charge in [-0.3, -0.25) is 9.69 Å². The first-order valence-electron chi connectivity index (χ1n) is 10.8. The third-order valence-corrected chi connectivity index (χ3v) is 5.07. The van der Waals surface area contributed by atoms with Crippen LogP contribution >= 0.6 is 0 Å². The predicted molar refractivity (Wildman–Crippen MR) is 119 cm³/mol. The number of rotatable bonds is 8. The van der Waals surface area contributed by atoms with E-state index in [1.54, 1.807) is 0 Å². The minimum absolute atomic E-state index is 0.138. The van der Waals surface area contributed by atoms with Gasteiger partial charge in [0.25, 0.3) is 0 Å². The molecule has 3 rings (SSSR count). The van der Waals surface area contributed by atoms with E-state index >= 15 is 0 Å². The van der Waals surface area contributed by atoms with Gasteiger partial charge in [0.2, 0.25) is 5.91 Å². The van der Waals surface area contributed by atoms with Crippen molar-refractivity contribution in [2.75, 3.05) is 32.7 Å². The van der Waals surface area contributed by atoms with Crippen LogP contribution in [0.2, 0.25) is 0 Å². The van der Waals surface area contributed by atoms with Crippen molar-refractivity contribution in [1.82, 2.24) is 15.1 Å². The van der Waals surface area contributed by atoms with Crippen LogP contribution in [-0.2, 0) is 27.5 Å². The Labute approximate surface area is 188 Å². The van der Waals surface area contributed by atoms with Gasteiger partial charge in [0.1, 0.15) is 13.2 Å². The van der Waals surface area contributed by atoms with Crippen LogP contribution in [0.4, 0.5) is 9.59 Å². The first-order chi connectivity index (χ1) is 15.6. The highest BCUT2D eigenvalue weighted by molar-refractivity contribution is 5.93. The molecule has 0 aliphatic carbocycles. The van der Waals surface area contributed by atoms with Crippen molar-refractivity contribution in [1.29, 1.82) is 0 Å². The van der Waals surface area contributed by atoms with Crippen LogP contribution in [-0.4, -0.2) is 60.6 Å². The number of ether oxygens (including phenoxy) is 2. The highest BCUT2D eigenvalue weighted by atomic mass is 16.6. The van der Waals surface area contributed by atoms with E-state index in [0.29, 0.717) is 39.0 Å². The molecule has 1 saturated heterocycles. The van der Waals surface area contributed by atoms with Gasteiger partial charge in [0, 0.05) is 26.2 Å². The fourth-order valence-electron chi connectivity index (χ4n) is 3.38. The number of amides is 3. The second kappa shape index (κ2) is 12.5. The molecule has 0 atom stereocenters. The lowest BCUT2D eigenvalue weighted by molar-refractivity contribution is -0.129. The van der Waals surface area contributed by atoms with Crippen LogP contribution in [0.15, 0.2) is 60.7 Å². The number of imide groups is 1. The molecule has 170 valence electrons. The Balaban J connectivity index is 1.33. The van der Waals surface area contributed by atoms with Crippen molar-refractivity contribution in [2.45, 2.75) is 26.1 Å². The summed E-state index contributed by atoms with van der Waals surface area (Å²) in [6, 6.07) is 18.8. The average molecular weight is 440 g/mol. The SMILES string of the molecule is O=C(NCCCN1CCCN(C(=O)OCc2ccccc2)C(=O)C1)OCc1ccccc1. The van der Waals surface area contributed by atoms with E-state index in [4.69, 9.17) is 9.47 Å². The zero-order chi connectivity index (χ0) is 22.6. The lowest BCUT2D eigenvalue weighted by Gasteiger charge is -2.20. The topological polar surface area (TPSA) is 88.2 Å². The van der Waals surface area contributed by atoms with Crippen LogP contribution in [0, 0.1) is 0 Å². The lowest BCUT2D eigenvalue weighted by Crippen LogP contribution is -2.41. The molecule has 0 spiro atoms. The monoisotopic (exact) mass is 439 g/mol. The van der Waals surface area contributed by atoms with E-state index < -0.39 is 12.2 Å². The number of benzene rings is 2. The molecule has 32 heavy (non-hydrogen) atoms. The summed E-state index contributed by atoms with van der Waals surface area (Å²) in [5.74, 6) is -0.268. The standard InChI is InChI=1S/C24H29N3O5/c28-22-17-26(14-7-13-25-23(29)31-18-20-9-3-1-4-10-20)15-8-16-27(22)24(30)32-19-21-11-5-2-6-12-21/h1-6,9-12H,7-8,13-19H2,(H,25,29). The summed E-state index contributed by atoms with van der Waals surface area (Å²) in [5.41, 5.74) is 1.80. The Morgan fingerprint density at radius 1 is 0.875 bits per heavy atom. The summed E-state index contributed by atoms with van der Waals surface area (Å²) in [5, 5.41) is 2.72. The molecule has 1 aliphatic rings. The molecule has 0 unspecified atom stereocenters. The number of nitrogens with zero attached hydrogens (tertiary/aromatic N) is 2. The molecule has 3 amide bonds. The van der Waals surface area contributed by atoms with Crippen LogP contribution in [0.5, 0.6) is 0 Å². The fraction of sp³-hybridized carbons (Fsp3) is 0.375. The van der Waals surface area contributed by atoms with Crippen molar-refractivity contribution in [3.05, 3.63) is 71.8 Å². The molecule has 8 heteroatoms. The van der Waals surface area contributed by atoms with Gasteiger partial charge in [0.15, 0.2) is 0 Å². The highest BCUT2D eigenvalue weighted by Gasteiger charge is 2.27. The van der Waals surface area contributed by atoms with Crippen LogP contribution in [0.3, 0.4) is 0 Å². The van der Waals surface area contributed by atoms with Crippen molar-refractivity contribution < 1.29 is 23.9 Å². The number of hydrogen-bond donors (Lipinski definition) is 1. The Kier molecular flexibility index (Phi) is 9.06. The van der Waals surface area contributed by atoms with Gasteiger partial charge in [-0.05, 0) is 24.0 Å². The summed E-state index contributed by atoms with van der Waals surface area (Å²) in [6.45, 7) is 2.64. The quantitative estimate of drug-likeness (QED) is 0.636. The van der Waals surface area contributed by atoms with Gasteiger partial charge in [-0.2, -0.15) is 0 Å². The summed E-state index contributed by atoms with van der Waals surface area (Å²) in [7, 11) is 0. The summed E-state index contributed by atoms with van der Waals surface area (Å²) in [4.78, 5) is 39.8. The summed E-state index contributed by atoms with van der Waals surface area (Å²) >= 11 is 0. The van der Waals surface area contributed by atoms with Gasteiger partial charge in [-0.1, -0.05) is 60.7 Å². The Hall–Kier alpha value is -3.39. The Bertz CT molecular complexity index is 876. The normalized spacial score (nSPS) is 14.5. The highest BCUT2D eigenvalue weighted by Crippen LogP contribution is 2.09. The van der Waals surface area contributed by atoms with Gasteiger partial charge < -0.3 is 14.8 Å². The summed E-state index contributed by atoms with van der Waals surface area (Å²) in [6.07, 6.45) is 0.280. The molecule has 1 aliphatic heterocycles. The molecule has 0 bridgehead atoms. The third-order valence-electron chi connectivity index (χ3n) is 5.07. The van der Waals surface area contributed by atoms with E-state index in [1.165, 1.54) is 4.90 Å². The molecule has 2 aromatic carbocycles. The largest absolute Gasteiger partial charge is 0.445 e. The van der Waals surface area contributed by atoms with Crippen molar-refractivity contribution in [2.24, 2.45) is 0 Å². The number of carbonyl (C=O) groups is 3. The third kappa shape index (κ3) is 7.70. The molecular formula is C24H29N3O5. The van der Waals surface area contributed by atoms with Gasteiger partial charge in [-0.25, -0.2) is 14.5 Å². The second-order valence-corrected chi connectivity index (χ2v) is 7.56. The maximum absolute atomic E-state index is 12.5. The van der Waals surface area contributed by atoms with Crippen molar-refractivity contribution in [3.63, 3.8) is 0 Å². The zero-order valence-corrected chi connectivity index (χ0v) is 18.1. The maximum atomic E-state index is 12.5. The van der Waals surface area contributed by atoms with E-state index in [1.807, 2.05) is 65.6 Å². The predicted octanol–water partition coefficient (Wildman–Crippen LogP) is 3.17. The van der Waals surface area contributed by atoms with E-state index in [9.17, 15) is 14.4 Å². The van der Waals surface area contributed by atoms with E-state index in [0.717, 1.165) is 11.1 Å². The van der Waals surface area contributed by atoms with Crippen molar-refractivity contribution in [3.8, 4) is 0 Å². The maximum Gasteiger partial charge on any atom is 0.416 e. The van der Waals surface area contributed by atoms with Crippen LogP contribution in [0.25, 0.3) is 0 Å². The van der Waals surface area contributed by atoms with Crippen LogP contribution < -0.4 is 5.32 Å². The molecule has 1 heterocycles. The molecule has 0 aromatic heterocycles. The molecule has 0 radical (unpaired) electrons. The minimum atomic E-state index is -0.608. The Morgan fingerprint density at radius 2 is 1.50 bits per heavy atom. The van der Waals surface area contributed by atoms with Crippen molar-refractivity contribution >= 4 is 18.1 Å². The first kappa shape index (κ1) is 23.3. The second-order valence-electron chi connectivity index (χ2n) is 7.56.